The Morgan fingerprint density at radius 3 is 1.97 bits per heavy atom. The van der Waals surface area contributed by atoms with E-state index in [4.69, 9.17) is 19.8 Å². The van der Waals surface area contributed by atoms with E-state index in [0.29, 0.717) is 5.56 Å². The maximum absolute atomic E-state index is 14.2. The first-order chi connectivity index (χ1) is 17.7. The third-order valence-electron chi connectivity index (χ3n) is 5.00. The van der Waals surface area contributed by atoms with Gasteiger partial charge in [0, 0.05) is 48.9 Å². The first kappa shape index (κ1) is 30.6. The van der Waals surface area contributed by atoms with E-state index >= 15 is 0 Å². The number of aliphatic carboxylic acids is 2. The third-order valence-corrected chi connectivity index (χ3v) is 5.89. The molecule has 17 heteroatoms. The molecule has 9 nitrogen and oxygen atoms in total. The minimum absolute atomic E-state index is 0.456. The number of aromatic nitrogens is 3. The number of rotatable bonds is 3. The van der Waals surface area contributed by atoms with E-state index in [1.54, 1.807) is 18.5 Å². The number of hydrogen-bond donors (Lipinski definition) is 2. The van der Waals surface area contributed by atoms with Crippen LogP contribution in [-0.2, 0) is 9.59 Å². The van der Waals surface area contributed by atoms with Gasteiger partial charge in [0.05, 0.1) is 5.39 Å². The van der Waals surface area contributed by atoms with Gasteiger partial charge < -0.3 is 20.0 Å². The van der Waals surface area contributed by atoms with Crippen molar-refractivity contribution in [1.82, 2.24) is 19.9 Å². The number of carboxylic acids is 2. The molecule has 0 bridgehead atoms. The van der Waals surface area contributed by atoms with Crippen molar-refractivity contribution in [2.45, 2.75) is 19.3 Å². The minimum Gasteiger partial charge on any atom is -0.475 e. The van der Waals surface area contributed by atoms with Crippen LogP contribution in [0.15, 0.2) is 30.0 Å². The van der Waals surface area contributed by atoms with Crippen LogP contribution in [0.4, 0.5) is 36.6 Å². The van der Waals surface area contributed by atoms with Crippen molar-refractivity contribution in [2.75, 3.05) is 37.6 Å². The molecule has 0 radical (unpaired) electrons. The van der Waals surface area contributed by atoms with E-state index < -0.39 is 30.2 Å². The first-order valence-electron chi connectivity index (χ1n) is 10.6. The molecule has 0 saturated carbocycles. The Kier molecular flexibility index (Phi) is 10.3. The Hall–Kier alpha value is -3.60. The zero-order chi connectivity index (χ0) is 28.7. The summed E-state index contributed by atoms with van der Waals surface area (Å²) >= 11 is 1.52. The summed E-state index contributed by atoms with van der Waals surface area (Å²) in [5.74, 6) is -5.07. The molecule has 1 saturated heterocycles. The summed E-state index contributed by atoms with van der Waals surface area (Å²) in [6.07, 6.45) is -7.10. The fraction of sp³-hybridized carbons (Fsp3) is 0.381. The standard InChI is InChI=1S/C17H18FN5S.2C2HF3O2/c1-2-22-6-8-23(9-7-22)16-14-13(10-24-17(14)21-11-20-16)12-4-3-5-19-15(12)18;2*3-2(4,5)1(6)7/h3-5,10-11H,2,6-9H2,1H3;2*(H,6,7). The Morgan fingerprint density at radius 2 is 1.50 bits per heavy atom. The summed E-state index contributed by atoms with van der Waals surface area (Å²) in [7, 11) is 0. The van der Waals surface area contributed by atoms with Gasteiger partial charge >= 0.3 is 24.3 Å². The molecule has 4 rings (SSSR count). The highest BCUT2D eigenvalue weighted by Crippen LogP contribution is 2.38. The van der Waals surface area contributed by atoms with E-state index in [-0.39, 0.29) is 0 Å². The second-order valence-electron chi connectivity index (χ2n) is 7.40. The molecule has 4 heterocycles. The molecule has 0 unspecified atom stereocenters. The number of fused-ring (bicyclic) bond motifs is 1. The van der Waals surface area contributed by atoms with Gasteiger partial charge in [-0.2, -0.15) is 30.7 Å². The number of likely N-dealkylation sites (N-methyl/N-ethyl adjacent to an activating group) is 1. The number of hydrogen-bond acceptors (Lipinski definition) is 8. The smallest absolute Gasteiger partial charge is 0.475 e. The molecule has 1 aliphatic rings. The van der Waals surface area contributed by atoms with E-state index in [0.717, 1.165) is 54.3 Å². The van der Waals surface area contributed by atoms with Crippen molar-refractivity contribution >= 4 is 39.3 Å². The summed E-state index contributed by atoms with van der Waals surface area (Å²) in [4.78, 5) is 36.1. The van der Waals surface area contributed by atoms with Crippen molar-refractivity contribution < 1.29 is 50.5 Å². The monoisotopic (exact) mass is 571 g/mol. The molecule has 0 amide bonds. The molecule has 1 aliphatic heterocycles. The lowest BCUT2D eigenvalue weighted by atomic mass is 10.1. The Balaban J connectivity index is 0.000000301. The molecule has 1 fully saturated rings. The highest BCUT2D eigenvalue weighted by atomic mass is 32.1. The van der Waals surface area contributed by atoms with Crippen LogP contribution >= 0.6 is 11.3 Å². The topological polar surface area (TPSA) is 120 Å². The van der Waals surface area contributed by atoms with Gasteiger partial charge in [0.15, 0.2) is 0 Å². The summed E-state index contributed by atoms with van der Waals surface area (Å²) in [6, 6.07) is 3.51. The van der Waals surface area contributed by atoms with E-state index in [2.05, 4.69) is 31.7 Å². The van der Waals surface area contributed by atoms with Crippen molar-refractivity contribution in [3.63, 3.8) is 0 Å². The van der Waals surface area contributed by atoms with Gasteiger partial charge in [-0.3, -0.25) is 0 Å². The lowest BCUT2D eigenvalue weighted by Crippen LogP contribution is -2.46. The van der Waals surface area contributed by atoms with Gasteiger partial charge in [-0.25, -0.2) is 24.5 Å². The molecule has 38 heavy (non-hydrogen) atoms. The van der Waals surface area contributed by atoms with Crippen molar-refractivity contribution in [3.8, 4) is 11.1 Å². The highest BCUT2D eigenvalue weighted by Gasteiger charge is 2.38. The van der Waals surface area contributed by atoms with E-state index in [9.17, 15) is 30.7 Å². The predicted molar refractivity (Wildman–Crippen MR) is 122 cm³/mol. The van der Waals surface area contributed by atoms with E-state index in [1.807, 2.05) is 5.38 Å². The van der Waals surface area contributed by atoms with Gasteiger partial charge in [-0.05, 0) is 18.7 Å². The predicted octanol–water partition coefficient (Wildman–Crippen LogP) is 4.30. The normalized spacial score (nSPS) is 14.3. The van der Waals surface area contributed by atoms with Crippen LogP contribution in [0.1, 0.15) is 6.92 Å². The van der Waals surface area contributed by atoms with E-state index in [1.165, 1.54) is 17.5 Å². The number of alkyl halides is 6. The zero-order valence-electron chi connectivity index (χ0n) is 19.4. The second-order valence-corrected chi connectivity index (χ2v) is 8.25. The molecular formula is C21H20F7N5O4S. The molecule has 3 aromatic rings. The van der Waals surface area contributed by atoms with Crippen LogP contribution in [0.3, 0.4) is 0 Å². The molecule has 0 atom stereocenters. The fourth-order valence-electron chi connectivity index (χ4n) is 3.16. The molecule has 208 valence electrons. The number of carbonyl (C=O) groups is 2. The van der Waals surface area contributed by atoms with Crippen LogP contribution in [0.25, 0.3) is 21.3 Å². The fourth-order valence-corrected chi connectivity index (χ4v) is 4.06. The lowest BCUT2D eigenvalue weighted by molar-refractivity contribution is -0.193. The number of thiophene rings is 1. The zero-order valence-corrected chi connectivity index (χ0v) is 20.2. The quantitative estimate of drug-likeness (QED) is 0.350. The van der Waals surface area contributed by atoms with Gasteiger partial charge in [0.2, 0.25) is 5.95 Å². The van der Waals surface area contributed by atoms with Crippen LogP contribution in [0.2, 0.25) is 0 Å². The molecule has 3 aromatic heterocycles. The number of pyridine rings is 1. The SMILES string of the molecule is CCN1CCN(c2ncnc3scc(-c4cccnc4F)c23)CC1.O=C(O)C(F)(F)F.O=C(O)C(F)(F)F. The third kappa shape index (κ3) is 8.20. The summed E-state index contributed by atoms with van der Waals surface area (Å²) in [5.41, 5.74) is 1.33. The minimum atomic E-state index is -5.08. The number of nitrogens with zero attached hydrogens (tertiary/aromatic N) is 5. The molecule has 0 aromatic carbocycles. The Labute approximate surface area is 214 Å². The maximum Gasteiger partial charge on any atom is 0.490 e. The Bertz CT molecular complexity index is 1220. The number of piperazine rings is 1. The maximum atomic E-state index is 14.2. The van der Waals surface area contributed by atoms with Crippen molar-refractivity contribution in [2.24, 2.45) is 0 Å². The molecule has 0 spiro atoms. The average Bonchev–Trinajstić information content (AvgIpc) is 3.28. The largest absolute Gasteiger partial charge is 0.490 e. The van der Waals surface area contributed by atoms with Gasteiger partial charge in [0.1, 0.15) is 17.0 Å². The number of anilines is 1. The number of carboxylic acid groups (broad SMARTS) is 2. The van der Waals surface area contributed by atoms with Gasteiger partial charge in [0.25, 0.3) is 0 Å². The molecule has 2 N–H and O–H groups in total. The Morgan fingerprint density at radius 1 is 0.947 bits per heavy atom. The summed E-state index contributed by atoms with van der Waals surface area (Å²) in [5, 5.41) is 17.1. The van der Waals surface area contributed by atoms with Crippen molar-refractivity contribution in [1.29, 1.82) is 0 Å². The number of halogens is 7. The van der Waals surface area contributed by atoms with Crippen LogP contribution in [0.5, 0.6) is 0 Å². The van der Waals surface area contributed by atoms with Crippen molar-refractivity contribution in [3.05, 3.63) is 36.0 Å². The second kappa shape index (κ2) is 12.8. The summed E-state index contributed by atoms with van der Waals surface area (Å²) in [6.45, 7) is 7.12. The van der Waals surface area contributed by atoms with Crippen LogP contribution < -0.4 is 4.90 Å². The highest BCUT2D eigenvalue weighted by molar-refractivity contribution is 7.17. The molecular weight excluding hydrogens is 551 g/mol. The van der Waals surface area contributed by atoms with Crippen LogP contribution in [0, 0.1) is 5.95 Å². The summed E-state index contributed by atoms with van der Waals surface area (Å²) < 4.78 is 77.7. The first-order valence-corrected chi connectivity index (χ1v) is 11.4. The lowest BCUT2D eigenvalue weighted by Gasteiger charge is -2.35. The average molecular weight is 571 g/mol. The van der Waals surface area contributed by atoms with Gasteiger partial charge in [-0.15, -0.1) is 11.3 Å². The van der Waals surface area contributed by atoms with Crippen LogP contribution in [-0.4, -0.2) is 87.1 Å². The molecule has 0 aliphatic carbocycles. The van der Waals surface area contributed by atoms with Gasteiger partial charge in [-0.1, -0.05) is 6.92 Å².